The van der Waals surface area contributed by atoms with Crippen molar-refractivity contribution in [3.63, 3.8) is 0 Å². The summed E-state index contributed by atoms with van der Waals surface area (Å²) in [6.45, 7) is -0.0746. The fourth-order valence-corrected chi connectivity index (χ4v) is 7.92. The minimum Gasteiger partial charge on any atom is -0.481 e. The fourth-order valence-electron chi connectivity index (χ4n) is 7.28. The van der Waals surface area contributed by atoms with Crippen molar-refractivity contribution in [2.75, 3.05) is 31.0 Å². The predicted molar refractivity (Wildman–Crippen MR) is 265 cm³/mol. The number of ether oxygens (including phenoxy) is 1. The lowest BCUT2D eigenvalue weighted by molar-refractivity contribution is -0.141. The number of nitrogens with zero attached hydrogens (tertiary/aromatic N) is 4. The molecule has 0 saturated carbocycles. The first-order valence-electron chi connectivity index (χ1n) is 22.5. The van der Waals surface area contributed by atoms with Gasteiger partial charge in [-0.05, 0) is 65.6 Å². The van der Waals surface area contributed by atoms with Crippen molar-refractivity contribution in [3.8, 4) is 0 Å². The zero-order valence-corrected chi connectivity index (χ0v) is 40.6. The van der Waals surface area contributed by atoms with Crippen LogP contribution in [0.2, 0.25) is 5.28 Å². The van der Waals surface area contributed by atoms with E-state index in [1.54, 1.807) is 86.0 Å². The molecule has 5 aromatic rings. The zero-order chi connectivity index (χ0) is 50.6. The van der Waals surface area contributed by atoms with E-state index in [4.69, 9.17) is 22.1 Å². The summed E-state index contributed by atoms with van der Waals surface area (Å²) in [7, 11) is 3.53. The van der Waals surface area contributed by atoms with E-state index in [0.29, 0.717) is 47.9 Å². The molecule has 372 valence electrons. The Balaban J connectivity index is 1.37. The van der Waals surface area contributed by atoms with Crippen LogP contribution in [0, 0.1) is 0 Å². The van der Waals surface area contributed by atoms with Crippen molar-refractivity contribution in [1.29, 1.82) is 0 Å². The minimum atomic E-state index is -1.68. The number of aryl methyl sites for hydroxylation is 1. The highest BCUT2D eigenvalue weighted by atomic mass is 35.5. The monoisotopic (exact) mass is 999 g/mol. The fraction of sp³-hybridized carbons (Fsp3) is 0.375. The van der Waals surface area contributed by atoms with Crippen LogP contribution in [0.1, 0.15) is 54.6 Å². The van der Waals surface area contributed by atoms with Crippen LogP contribution in [0.15, 0.2) is 91.1 Å². The van der Waals surface area contributed by atoms with Crippen LogP contribution in [0.4, 0.5) is 10.7 Å². The Bertz CT molecular complexity index is 2570. The lowest BCUT2D eigenvalue weighted by atomic mass is 10.0. The number of unbranched alkanes of at least 4 members (excludes halogenated alkanes) is 1. The molecule has 20 nitrogen and oxygen atoms in total. The smallest absolute Gasteiger partial charge is 0.408 e. The molecule has 0 aliphatic carbocycles. The molecule has 22 heteroatoms. The summed E-state index contributed by atoms with van der Waals surface area (Å²) in [5.74, 6) is -4.53. The van der Waals surface area contributed by atoms with E-state index in [1.807, 2.05) is 30.3 Å². The zero-order valence-electron chi connectivity index (χ0n) is 39.0. The highest BCUT2D eigenvalue weighted by Crippen LogP contribution is 2.20. The number of thioether (sulfide) groups is 1. The van der Waals surface area contributed by atoms with Gasteiger partial charge in [-0.1, -0.05) is 85.3 Å². The molecule has 0 saturated heterocycles. The van der Waals surface area contributed by atoms with Gasteiger partial charge < -0.3 is 52.0 Å². The van der Waals surface area contributed by atoms with E-state index < -0.39 is 78.2 Å². The first-order chi connectivity index (χ1) is 33.6. The Morgan fingerprint density at radius 3 is 1.96 bits per heavy atom. The molecule has 0 fully saturated rings. The number of aromatic nitrogens is 4. The van der Waals surface area contributed by atoms with Gasteiger partial charge in [-0.3, -0.25) is 28.8 Å². The molecule has 70 heavy (non-hydrogen) atoms. The van der Waals surface area contributed by atoms with Crippen LogP contribution in [0.3, 0.4) is 0 Å². The van der Waals surface area contributed by atoms with Crippen molar-refractivity contribution in [3.05, 3.63) is 119 Å². The normalized spacial score (nSPS) is 13.1. The van der Waals surface area contributed by atoms with Gasteiger partial charge >= 0.3 is 12.1 Å². The molecule has 0 unspecified atom stereocenters. The predicted octanol–water partition coefficient (Wildman–Crippen LogP) is 3.22. The van der Waals surface area contributed by atoms with E-state index in [0.717, 1.165) is 16.5 Å². The Morgan fingerprint density at radius 2 is 1.30 bits per heavy atom. The average Bonchev–Trinajstić information content (AvgIpc) is 3.74. The van der Waals surface area contributed by atoms with Crippen molar-refractivity contribution in [2.45, 2.75) is 88.2 Å². The summed E-state index contributed by atoms with van der Waals surface area (Å²) in [5.41, 5.74) is 8.41. The number of aliphatic carboxylic acids is 1. The van der Waals surface area contributed by atoms with Gasteiger partial charge in [0.05, 0.1) is 6.42 Å². The van der Waals surface area contributed by atoms with Crippen LogP contribution in [-0.2, 0) is 59.4 Å². The molecule has 0 aliphatic heterocycles. The maximum Gasteiger partial charge on any atom is 0.408 e. The third-order valence-electron chi connectivity index (χ3n) is 10.9. The number of carbonyl (C=O) groups excluding carboxylic acids is 6. The second-order valence-electron chi connectivity index (χ2n) is 16.5. The van der Waals surface area contributed by atoms with E-state index in [2.05, 4.69) is 46.5 Å². The van der Waals surface area contributed by atoms with Crippen LogP contribution in [0.25, 0.3) is 10.9 Å². The van der Waals surface area contributed by atoms with E-state index >= 15 is 0 Å². The summed E-state index contributed by atoms with van der Waals surface area (Å²) in [6, 6.07) is 18.2. The molecule has 5 rings (SSSR count). The Labute approximate surface area is 414 Å². The molecule has 5 atom stereocenters. The number of primary amides is 1. The third kappa shape index (κ3) is 17.1. The molecule has 6 amide bonds. The van der Waals surface area contributed by atoms with Crippen LogP contribution in [-0.4, -0.2) is 123 Å². The highest BCUT2D eigenvalue weighted by molar-refractivity contribution is 7.98. The van der Waals surface area contributed by atoms with Gasteiger partial charge in [-0.15, -0.1) is 0 Å². The van der Waals surface area contributed by atoms with Crippen molar-refractivity contribution in [1.82, 2.24) is 46.5 Å². The first-order valence-corrected chi connectivity index (χ1v) is 24.2. The number of carbonyl (C=O) groups is 7. The number of halogens is 1. The highest BCUT2D eigenvalue weighted by Gasteiger charge is 2.34. The van der Waals surface area contributed by atoms with Gasteiger partial charge in [-0.2, -0.15) is 21.7 Å². The molecular weight excluding hydrogens is 942 g/mol. The lowest BCUT2D eigenvalue weighted by Gasteiger charge is -2.27. The van der Waals surface area contributed by atoms with Gasteiger partial charge in [0.15, 0.2) is 0 Å². The molecule has 2 heterocycles. The number of hydrogen-bond donors (Lipinski definition) is 8. The molecule has 3 aromatic carbocycles. The topological polar surface area (TPSA) is 293 Å². The van der Waals surface area contributed by atoms with Crippen LogP contribution in [0.5, 0.6) is 0 Å². The van der Waals surface area contributed by atoms with E-state index in [9.17, 15) is 38.7 Å². The molecular formula is C48H58ClN11O9S. The number of hydrogen-bond acceptors (Lipinski definition) is 13. The number of nitrogens with two attached hydrogens (primary N) is 1. The number of benzene rings is 3. The number of anilines is 1. The largest absolute Gasteiger partial charge is 0.481 e. The van der Waals surface area contributed by atoms with Crippen molar-refractivity contribution >= 4 is 81.8 Å². The van der Waals surface area contributed by atoms with Crippen LogP contribution < -0.4 is 37.2 Å². The Morgan fingerprint density at radius 1 is 0.714 bits per heavy atom. The van der Waals surface area contributed by atoms with Gasteiger partial charge in [0.1, 0.15) is 42.6 Å². The van der Waals surface area contributed by atoms with Gasteiger partial charge in [0.25, 0.3) is 0 Å². The summed E-state index contributed by atoms with van der Waals surface area (Å²) >= 11 is 7.52. The second-order valence-corrected chi connectivity index (χ2v) is 17.8. The average molecular weight is 1000 g/mol. The number of rotatable bonds is 27. The van der Waals surface area contributed by atoms with Crippen LogP contribution >= 0.6 is 23.4 Å². The molecule has 9 N–H and O–H groups in total. The van der Waals surface area contributed by atoms with Gasteiger partial charge in [-0.25, -0.2) is 9.78 Å². The summed E-state index contributed by atoms with van der Waals surface area (Å²) in [5, 5.41) is 23.7. The lowest BCUT2D eigenvalue weighted by Crippen LogP contribution is -2.59. The van der Waals surface area contributed by atoms with Gasteiger partial charge in [0, 0.05) is 50.5 Å². The van der Waals surface area contributed by atoms with E-state index in [-0.39, 0.29) is 37.6 Å². The quantitative estimate of drug-likeness (QED) is 0.0351. The molecule has 0 aliphatic rings. The number of aromatic amines is 1. The maximum absolute atomic E-state index is 14.5. The third-order valence-corrected chi connectivity index (χ3v) is 11.7. The standard InChI is InChI=1S/C48H58ClN11O9S/c1-60(2)47-58-39(57-46(49)59-47)21-13-12-20-34(56-48(68)69-28-30-16-8-5-9-17-30)42(64)54-37(25-31-27-51-33-19-11-10-18-32(31)33)44(66)52-35(22-23-70-3)43(65)55-38(26-40(61)62)45(67)53-36(41(50)63)24-29-14-6-4-7-15-29/h4-11,14-19,27,34-38,51H,12-13,20-26,28H2,1-3H3,(H2,50,63)(H,52,66)(H,53,67)(H,54,64)(H,55,65)(H,56,68)(H,61,62)/t34-,35-,36-,37-,38-/m0/s1. The summed E-state index contributed by atoms with van der Waals surface area (Å²) in [6.07, 6.45) is 3.03. The molecule has 0 bridgehead atoms. The first kappa shape index (κ1) is 53.7. The minimum absolute atomic E-state index is 0.00451. The summed E-state index contributed by atoms with van der Waals surface area (Å²) < 4.78 is 5.47. The Hall–Kier alpha value is -7.26. The van der Waals surface area contributed by atoms with E-state index in [1.165, 1.54) is 11.8 Å². The number of carboxylic acids is 1. The second kappa shape index (κ2) is 27.1. The molecule has 0 spiro atoms. The van der Waals surface area contributed by atoms with Gasteiger partial charge in [0.2, 0.25) is 40.8 Å². The number of H-pyrrole nitrogens is 1. The number of amides is 6. The Kier molecular flexibility index (Phi) is 20.8. The number of alkyl carbamates (subject to hydrolysis) is 1. The molecule has 0 radical (unpaired) electrons. The number of fused-ring (bicyclic) bond motifs is 1. The number of carboxylic acid groups (broad SMARTS) is 1. The van der Waals surface area contributed by atoms with Crippen molar-refractivity contribution in [2.24, 2.45) is 5.73 Å². The number of nitrogens with one attached hydrogen (secondary N) is 6. The van der Waals surface area contributed by atoms with Crippen molar-refractivity contribution < 1.29 is 43.4 Å². The summed E-state index contributed by atoms with van der Waals surface area (Å²) in [4.78, 5) is 112. The maximum atomic E-state index is 14.5. The molecule has 2 aromatic heterocycles. The number of para-hydroxylation sites is 1. The SMILES string of the molecule is CSCC[C@H](NC(=O)[C@H](Cc1c[nH]c2ccccc12)NC(=O)[C@H](CCCCc1nc(Cl)nc(N(C)C)n1)NC(=O)OCc1ccccc1)C(=O)N[C@@H](CC(=O)O)C(=O)N[C@@H](Cc1ccccc1)C(N)=O.